The topological polar surface area (TPSA) is 44.8 Å². The van der Waals surface area contributed by atoms with E-state index < -0.39 is 12.8 Å². The Labute approximate surface area is 109 Å². The zero-order valence-corrected chi connectivity index (χ0v) is 10.6. The van der Waals surface area contributed by atoms with Crippen LogP contribution in [0.4, 0.5) is 18.0 Å². The largest absolute Gasteiger partial charge is 0.411 e. The molecule has 2 amide bonds. The highest BCUT2D eigenvalue weighted by molar-refractivity contribution is 5.77. The predicted molar refractivity (Wildman–Crippen MR) is 61.8 cm³/mol. The first-order valence-electron chi connectivity index (χ1n) is 6.38. The van der Waals surface area contributed by atoms with E-state index in [0.29, 0.717) is 26.1 Å². The number of ether oxygens (including phenoxy) is 1. The summed E-state index contributed by atoms with van der Waals surface area (Å²) >= 11 is 0. The summed E-state index contributed by atoms with van der Waals surface area (Å²) < 4.78 is 40.1. The molecule has 19 heavy (non-hydrogen) atoms. The minimum atomic E-state index is -4.28. The molecule has 1 unspecified atom stereocenters. The Kier molecular flexibility index (Phi) is 4.51. The Bertz CT molecular complexity index is 325. The van der Waals surface area contributed by atoms with Crippen LogP contribution in [0.5, 0.6) is 0 Å². The molecule has 0 radical (unpaired) electrons. The van der Waals surface area contributed by atoms with Crippen LogP contribution in [0.3, 0.4) is 0 Å². The number of carbonyl (C=O) groups is 1. The van der Waals surface area contributed by atoms with Crippen molar-refractivity contribution in [1.29, 1.82) is 0 Å². The summed E-state index contributed by atoms with van der Waals surface area (Å²) in [5, 5.41) is 3.22. The van der Waals surface area contributed by atoms with Crippen LogP contribution in [0.2, 0.25) is 0 Å². The molecule has 0 aliphatic carbocycles. The van der Waals surface area contributed by atoms with E-state index in [2.05, 4.69) is 10.1 Å². The van der Waals surface area contributed by atoms with Gasteiger partial charge >= 0.3 is 12.2 Å². The van der Waals surface area contributed by atoms with Gasteiger partial charge in [-0.15, -0.1) is 0 Å². The standard InChI is InChI=1S/C11H18F3N3O2/c12-11(13,14)8-19-5-1-3-16-7-9-6-15-2-4-17(9)10(16)18/h9,15H,1-8H2. The van der Waals surface area contributed by atoms with Gasteiger partial charge in [0.1, 0.15) is 6.61 Å². The number of urea groups is 1. The van der Waals surface area contributed by atoms with Gasteiger partial charge < -0.3 is 19.9 Å². The van der Waals surface area contributed by atoms with Crippen LogP contribution in [-0.2, 0) is 4.74 Å². The second-order valence-electron chi connectivity index (χ2n) is 4.80. The molecule has 8 heteroatoms. The van der Waals surface area contributed by atoms with Gasteiger partial charge in [0, 0.05) is 39.3 Å². The van der Waals surface area contributed by atoms with Crippen LogP contribution >= 0.6 is 0 Å². The number of alkyl halides is 3. The van der Waals surface area contributed by atoms with Gasteiger partial charge in [0.2, 0.25) is 0 Å². The molecular weight excluding hydrogens is 263 g/mol. The fraction of sp³-hybridized carbons (Fsp3) is 0.909. The summed E-state index contributed by atoms with van der Waals surface area (Å²) in [5.74, 6) is 0. The third-order valence-electron chi connectivity index (χ3n) is 3.28. The summed E-state index contributed by atoms with van der Waals surface area (Å²) in [5.41, 5.74) is 0. The third kappa shape index (κ3) is 3.97. The van der Waals surface area contributed by atoms with Crippen molar-refractivity contribution in [3.8, 4) is 0 Å². The van der Waals surface area contributed by atoms with Crippen molar-refractivity contribution in [1.82, 2.24) is 15.1 Å². The summed E-state index contributed by atoms with van der Waals surface area (Å²) in [7, 11) is 0. The van der Waals surface area contributed by atoms with Crippen molar-refractivity contribution in [3.05, 3.63) is 0 Å². The highest BCUT2D eigenvalue weighted by atomic mass is 19.4. The van der Waals surface area contributed by atoms with Crippen molar-refractivity contribution < 1.29 is 22.7 Å². The van der Waals surface area contributed by atoms with E-state index in [1.165, 1.54) is 0 Å². The highest BCUT2D eigenvalue weighted by Crippen LogP contribution is 2.18. The quantitative estimate of drug-likeness (QED) is 0.753. The molecule has 0 saturated carbocycles. The number of rotatable bonds is 5. The van der Waals surface area contributed by atoms with Crippen LogP contribution in [0.25, 0.3) is 0 Å². The molecule has 0 aromatic heterocycles. The van der Waals surface area contributed by atoms with Crippen LogP contribution < -0.4 is 5.32 Å². The molecular formula is C11H18F3N3O2. The molecule has 2 rings (SSSR count). The number of nitrogens with zero attached hydrogens (tertiary/aromatic N) is 2. The second-order valence-corrected chi connectivity index (χ2v) is 4.80. The number of hydrogen-bond acceptors (Lipinski definition) is 3. The minimum absolute atomic E-state index is 0.0117. The SMILES string of the molecule is O=C1N(CCCOCC(F)(F)F)CC2CNCCN12. The lowest BCUT2D eigenvalue weighted by molar-refractivity contribution is -0.174. The average molecular weight is 281 g/mol. The van der Waals surface area contributed by atoms with Gasteiger partial charge in [0.05, 0.1) is 6.04 Å². The molecule has 2 aliphatic rings. The Morgan fingerprint density at radius 2 is 2.21 bits per heavy atom. The molecule has 0 bridgehead atoms. The second kappa shape index (κ2) is 5.96. The zero-order chi connectivity index (χ0) is 13.9. The van der Waals surface area contributed by atoms with Gasteiger partial charge in [0.15, 0.2) is 0 Å². The van der Waals surface area contributed by atoms with Crippen molar-refractivity contribution in [2.24, 2.45) is 0 Å². The van der Waals surface area contributed by atoms with Gasteiger partial charge in [0.25, 0.3) is 0 Å². The Hall–Kier alpha value is -1.02. The fourth-order valence-corrected chi connectivity index (χ4v) is 2.42. The number of fused-ring (bicyclic) bond motifs is 1. The first-order chi connectivity index (χ1) is 8.97. The van der Waals surface area contributed by atoms with Gasteiger partial charge in [-0.25, -0.2) is 4.79 Å². The minimum Gasteiger partial charge on any atom is -0.372 e. The van der Waals surface area contributed by atoms with E-state index in [9.17, 15) is 18.0 Å². The molecule has 2 fully saturated rings. The van der Waals surface area contributed by atoms with E-state index in [1.807, 2.05) is 4.90 Å². The van der Waals surface area contributed by atoms with Gasteiger partial charge in [-0.1, -0.05) is 0 Å². The van der Waals surface area contributed by atoms with E-state index >= 15 is 0 Å². The average Bonchev–Trinajstić information content (AvgIpc) is 2.65. The van der Waals surface area contributed by atoms with E-state index in [-0.39, 0.29) is 18.7 Å². The monoisotopic (exact) mass is 281 g/mol. The normalized spacial score (nSPS) is 23.9. The third-order valence-corrected chi connectivity index (χ3v) is 3.28. The predicted octanol–water partition coefficient (Wildman–Crippen LogP) is 0.665. The molecule has 2 aliphatic heterocycles. The maximum atomic E-state index is 12.0. The maximum Gasteiger partial charge on any atom is 0.411 e. The number of nitrogens with one attached hydrogen (secondary N) is 1. The number of piperazine rings is 1. The molecule has 1 atom stereocenters. The van der Waals surface area contributed by atoms with Crippen molar-refractivity contribution in [3.63, 3.8) is 0 Å². The number of hydrogen-bond donors (Lipinski definition) is 1. The summed E-state index contributed by atoms with van der Waals surface area (Å²) in [4.78, 5) is 15.5. The molecule has 2 saturated heterocycles. The molecule has 1 N–H and O–H groups in total. The van der Waals surface area contributed by atoms with Crippen LogP contribution in [0, 0.1) is 0 Å². The van der Waals surface area contributed by atoms with E-state index in [4.69, 9.17) is 0 Å². The van der Waals surface area contributed by atoms with Crippen molar-refractivity contribution in [2.75, 3.05) is 45.9 Å². The Morgan fingerprint density at radius 3 is 2.89 bits per heavy atom. The lowest BCUT2D eigenvalue weighted by Gasteiger charge is -2.28. The molecule has 110 valence electrons. The van der Waals surface area contributed by atoms with Crippen molar-refractivity contribution in [2.45, 2.75) is 18.6 Å². The van der Waals surface area contributed by atoms with Crippen LogP contribution in [0.15, 0.2) is 0 Å². The molecule has 0 aromatic rings. The van der Waals surface area contributed by atoms with E-state index in [1.54, 1.807) is 4.90 Å². The lowest BCUT2D eigenvalue weighted by Crippen LogP contribution is -2.49. The number of amides is 2. The number of halogens is 3. The molecule has 0 aromatic carbocycles. The van der Waals surface area contributed by atoms with Gasteiger partial charge in [-0.2, -0.15) is 13.2 Å². The Morgan fingerprint density at radius 1 is 1.42 bits per heavy atom. The van der Waals surface area contributed by atoms with E-state index in [0.717, 1.165) is 13.1 Å². The summed E-state index contributed by atoms with van der Waals surface area (Å²) in [6, 6.07) is 0.180. The number of carbonyl (C=O) groups excluding carboxylic acids is 1. The van der Waals surface area contributed by atoms with Crippen LogP contribution in [-0.4, -0.2) is 74.0 Å². The van der Waals surface area contributed by atoms with Crippen LogP contribution in [0.1, 0.15) is 6.42 Å². The van der Waals surface area contributed by atoms with Gasteiger partial charge in [-0.05, 0) is 6.42 Å². The highest BCUT2D eigenvalue weighted by Gasteiger charge is 2.37. The van der Waals surface area contributed by atoms with Crippen molar-refractivity contribution >= 4 is 6.03 Å². The maximum absolute atomic E-state index is 12.0. The summed E-state index contributed by atoms with van der Waals surface area (Å²) in [6.07, 6.45) is -3.86. The fourth-order valence-electron chi connectivity index (χ4n) is 2.42. The first kappa shape index (κ1) is 14.4. The summed E-state index contributed by atoms with van der Waals surface area (Å²) in [6.45, 7) is 2.17. The molecule has 5 nitrogen and oxygen atoms in total. The van der Waals surface area contributed by atoms with Gasteiger partial charge in [-0.3, -0.25) is 0 Å². The zero-order valence-electron chi connectivity index (χ0n) is 10.6. The molecule has 2 heterocycles. The smallest absolute Gasteiger partial charge is 0.372 e. The lowest BCUT2D eigenvalue weighted by atomic mass is 10.2. The molecule has 0 spiro atoms. The Balaban J connectivity index is 1.65. The first-order valence-corrected chi connectivity index (χ1v) is 6.38.